The van der Waals surface area contributed by atoms with Gasteiger partial charge in [-0.05, 0) is 49.4 Å². The van der Waals surface area contributed by atoms with Crippen molar-refractivity contribution in [1.29, 1.82) is 0 Å². The number of carbonyl (C=O) groups excluding carboxylic acids is 2. The molecule has 1 N–H and O–H groups in total. The number of fused-ring (bicyclic) bond motifs is 1. The van der Waals surface area contributed by atoms with E-state index in [0.29, 0.717) is 11.7 Å². The van der Waals surface area contributed by atoms with Crippen molar-refractivity contribution in [3.05, 3.63) is 40.4 Å². The fraction of sp³-hybridized carbons (Fsp3) is 0.389. The smallest absolute Gasteiger partial charge is 0.231 e. The molecule has 0 saturated carbocycles. The lowest BCUT2D eigenvalue weighted by atomic mass is 10.1. The van der Waals surface area contributed by atoms with Gasteiger partial charge in [0, 0.05) is 29.7 Å². The van der Waals surface area contributed by atoms with Crippen molar-refractivity contribution >= 4 is 34.0 Å². The van der Waals surface area contributed by atoms with Crippen LogP contribution in [0.5, 0.6) is 0 Å². The van der Waals surface area contributed by atoms with Crippen LogP contribution in [0.15, 0.2) is 24.4 Å². The number of nitrogens with one attached hydrogen (secondary N) is 1. The lowest BCUT2D eigenvalue weighted by molar-refractivity contribution is -0.122. The third kappa shape index (κ3) is 2.82. The van der Waals surface area contributed by atoms with E-state index in [4.69, 9.17) is 0 Å². The van der Waals surface area contributed by atoms with E-state index in [1.54, 1.807) is 11.1 Å². The number of carbonyl (C=O) groups is 2. The molecule has 0 radical (unpaired) electrons. The van der Waals surface area contributed by atoms with Crippen molar-refractivity contribution < 1.29 is 9.59 Å². The third-order valence-electron chi connectivity index (χ3n) is 4.74. The number of thiazole rings is 1. The average molecular weight is 341 g/mol. The van der Waals surface area contributed by atoms with Gasteiger partial charge in [-0.15, -0.1) is 11.3 Å². The fourth-order valence-electron chi connectivity index (χ4n) is 3.48. The summed E-state index contributed by atoms with van der Waals surface area (Å²) in [5.41, 5.74) is 3.64. The van der Waals surface area contributed by atoms with Crippen LogP contribution in [0.2, 0.25) is 0 Å². The van der Waals surface area contributed by atoms with Crippen LogP contribution in [0.1, 0.15) is 28.8 Å². The number of aromatic nitrogens is 1. The Balaban J connectivity index is 1.47. The van der Waals surface area contributed by atoms with Gasteiger partial charge in [-0.2, -0.15) is 0 Å². The van der Waals surface area contributed by atoms with Crippen molar-refractivity contribution in [1.82, 2.24) is 4.98 Å². The van der Waals surface area contributed by atoms with Crippen molar-refractivity contribution in [3.8, 4) is 0 Å². The molecule has 5 nitrogen and oxygen atoms in total. The molecule has 1 atom stereocenters. The summed E-state index contributed by atoms with van der Waals surface area (Å²) in [5, 5.41) is 3.43. The molecule has 1 aromatic carbocycles. The van der Waals surface area contributed by atoms with Crippen molar-refractivity contribution in [2.24, 2.45) is 5.92 Å². The molecule has 2 heterocycles. The van der Waals surface area contributed by atoms with E-state index in [2.05, 4.69) is 22.4 Å². The van der Waals surface area contributed by atoms with Crippen molar-refractivity contribution in [2.75, 3.05) is 16.8 Å². The van der Waals surface area contributed by atoms with Crippen LogP contribution >= 0.6 is 11.3 Å². The van der Waals surface area contributed by atoms with Crippen LogP contribution in [0, 0.1) is 12.8 Å². The van der Waals surface area contributed by atoms with Crippen LogP contribution in [0.25, 0.3) is 0 Å². The highest BCUT2D eigenvalue weighted by Gasteiger charge is 2.35. The van der Waals surface area contributed by atoms with Crippen LogP contribution in [-0.2, 0) is 22.4 Å². The molecular formula is C18H19N3O2S. The highest BCUT2D eigenvalue weighted by atomic mass is 32.1. The maximum Gasteiger partial charge on any atom is 0.231 e. The Bertz CT molecular complexity index is 814. The molecule has 1 aromatic heterocycles. The van der Waals surface area contributed by atoms with Crippen molar-refractivity contribution in [3.63, 3.8) is 0 Å². The van der Waals surface area contributed by atoms with Crippen LogP contribution in [-0.4, -0.2) is 23.3 Å². The van der Waals surface area contributed by atoms with E-state index < -0.39 is 0 Å². The van der Waals surface area contributed by atoms with Crippen LogP contribution in [0.4, 0.5) is 10.8 Å². The molecule has 1 fully saturated rings. The predicted octanol–water partition coefficient (Wildman–Crippen LogP) is 2.93. The van der Waals surface area contributed by atoms with Gasteiger partial charge >= 0.3 is 0 Å². The number of benzene rings is 1. The predicted molar refractivity (Wildman–Crippen MR) is 94.4 cm³/mol. The van der Waals surface area contributed by atoms with E-state index in [0.717, 1.165) is 23.4 Å². The monoisotopic (exact) mass is 341 g/mol. The van der Waals surface area contributed by atoms with Gasteiger partial charge in [-0.3, -0.25) is 9.59 Å². The second-order valence-corrected chi connectivity index (χ2v) is 7.71. The Morgan fingerprint density at radius 3 is 2.96 bits per heavy atom. The van der Waals surface area contributed by atoms with Crippen LogP contribution < -0.4 is 10.2 Å². The standard InChI is InChI=1S/C18H19N3O2S/c1-11-9-19-18(24-11)20-17(23)14-8-16(22)21(10-14)15-6-5-12-3-2-4-13(12)7-15/h5-7,9,14H,2-4,8,10H2,1H3,(H,19,20,23). The molecule has 1 aliphatic carbocycles. The number of amides is 2. The Morgan fingerprint density at radius 2 is 2.17 bits per heavy atom. The van der Waals surface area contributed by atoms with Gasteiger partial charge in [-0.25, -0.2) is 4.98 Å². The lowest BCUT2D eigenvalue weighted by Gasteiger charge is -2.17. The number of rotatable bonds is 3. The summed E-state index contributed by atoms with van der Waals surface area (Å²) in [6.45, 7) is 2.38. The topological polar surface area (TPSA) is 62.3 Å². The number of nitrogens with zero attached hydrogens (tertiary/aromatic N) is 2. The summed E-state index contributed by atoms with van der Waals surface area (Å²) in [6.07, 6.45) is 5.38. The zero-order valence-electron chi connectivity index (χ0n) is 13.5. The first kappa shape index (κ1) is 15.3. The fourth-order valence-corrected chi connectivity index (χ4v) is 4.15. The molecule has 6 heteroatoms. The Morgan fingerprint density at radius 1 is 1.33 bits per heavy atom. The molecule has 1 unspecified atom stereocenters. The van der Waals surface area contributed by atoms with E-state index in [9.17, 15) is 9.59 Å². The maximum atomic E-state index is 12.4. The first-order valence-electron chi connectivity index (χ1n) is 8.25. The number of hydrogen-bond donors (Lipinski definition) is 1. The first-order chi connectivity index (χ1) is 11.6. The highest BCUT2D eigenvalue weighted by Crippen LogP contribution is 2.31. The summed E-state index contributed by atoms with van der Waals surface area (Å²) in [6, 6.07) is 6.24. The maximum absolute atomic E-state index is 12.4. The summed E-state index contributed by atoms with van der Waals surface area (Å²) in [4.78, 5) is 31.7. The SMILES string of the molecule is Cc1cnc(NC(=O)C2CC(=O)N(c3ccc4c(c3)CCC4)C2)s1. The molecule has 24 heavy (non-hydrogen) atoms. The molecule has 0 bridgehead atoms. The van der Waals surface area contributed by atoms with Crippen molar-refractivity contribution in [2.45, 2.75) is 32.6 Å². The summed E-state index contributed by atoms with van der Waals surface area (Å²) < 4.78 is 0. The Kier molecular flexibility index (Phi) is 3.84. The third-order valence-corrected chi connectivity index (χ3v) is 5.57. The lowest BCUT2D eigenvalue weighted by Crippen LogP contribution is -2.28. The van der Waals surface area contributed by atoms with Gasteiger partial charge in [0.05, 0.1) is 5.92 Å². The molecule has 2 aromatic rings. The average Bonchev–Trinajstić information content (AvgIpc) is 3.26. The second kappa shape index (κ2) is 6.02. The van der Waals surface area contributed by atoms with Gasteiger partial charge in [0.1, 0.15) is 0 Å². The van der Waals surface area contributed by atoms with Gasteiger partial charge in [0.25, 0.3) is 0 Å². The highest BCUT2D eigenvalue weighted by molar-refractivity contribution is 7.15. The molecule has 2 aliphatic rings. The molecule has 1 saturated heterocycles. The summed E-state index contributed by atoms with van der Waals surface area (Å²) >= 11 is 1.44. The quantitative estimate of drug-likeness (QED) is 0.934. The normalized spacial score (nSPS) is 19.6. The van der Waals surface area contributed by atoms with Gasteiger partial charge in [0.2, 0.25) is 11.8 Å². The zero-order chi connectivity index (χ0) is 16.7. The minimum absolute atomic E-state index is 0.0171. The molecular weight excluding hydrogens is 322 g/mol. The van der Waals surface area contributed by atoms with Gasteiger partial charge in [0.15, 0.2) is 5.13 Å². The number of aryl methyl sites for hydroxylation is 3. The Hall–Kier alpha value is -2.21. The largest absolute Gasteiger partial charge is 0.312 e. The molecule has 4 rings (SSSR count). The van der Waals surface area contributed by atoms with E-state index in [-0.39, 0.29) is 24.2 Å². The molecule has 124 valence electrons. The first-order valence-corrected chi connectivity index (χ1v) is 9.07. The van der Waals surface area contributed by atoms with E-state index in [1.165, 1.54) is 28.9 Å². The molecule has 0 spiro atoms. The zero-order valence-corrected chi connectivity index (χ0v) is 14.4. The van der Waals surface area contributed by atoms with Gasteiger partial charge in [-0.1, -0.05) is 6.07 Å². The summed E-state index contributed by atoms with van der Waals surface area (Å²) in [5.74, 6) is -0.431. The van der Waals surface area contributed by atoms with Crippen LogP contribution in [0.3, 0.4) is 0 Å². The number of anilines is 2. The Labute approximate surface area is 144 Å². The minimum atomic E-state index is -0.324. The minimum Gasteiger partial charge on any atom is -0.312 e. The van der Waals surface area contributed by atoms with Gasteiger partial charge < -0.3 is 10.2 Å². The second-order valence-electron chi connectivity index (χ2n) is 6.48. The summed E-state index contributed by atoms with van der Waals surface area (Å²) in [7, 11) is 0. The van der Waals surface area contributed by atoms with E-state index in [1.807, 2.05) is 13.0 Å². The molecule has 2 amide bonds. The van der Waals surface area contributed by atoms with E-state index >= 15 is 0 Å². The number of hydrogen-bond acceptors (Lipinski definition) is 4. The molecule has 1 aliphatic heterocycles.